The second-order valence-electron chi connectivity index (χ2n) is 7.85. The molecular weight excluding hydrogens is 448 g/mol. The molecule has 0 atom stereocenters. The Morgan fingerprint density at radius 1 is 1.09 bits per heavy atom. The molecule has 1 saturated heterocycles. The maximum atomic E-state index is 12.4. The molecule has 170 valence electrons. The van der Waals surface area contributed by atoms with Crippen molar-refractivity contribution < 1.29 is 13.9 Å². The summed E-state index contributed by atoms with van der Waals surface area (Å²) in [6.45, 7) is 5.44. The fourth-order valence-electron chi connectivity index (χ4n) is 4.01. The Bertz CT molecular complexity index is 1080. The number of hydrogen-bond acceptors (Lipinski definition) is 5. The number of anilines is 1. The average molecular weight is 475 g/mol. The summed E-state index contributed by atoms with van der Waals surface area (Å²) >= 11 is 12.5. The third-order valence-electron chi connectivity index (χ3n) is 5.78. The van der Waals surface area contributed by atoms with Crippen LogP contribution in [-0.2, 0) is 0 Å². The summed E-state index contributed by atoms with van der Waals surface area (Å²) in [6, 6.07) is 13.1. The van der Waals surface area contributed by atoms with Gasteiger partial charge in [0.25, 0.3) is 5.91 Å². The predicted molar refractivity (Wildman–Crippen MR) is 129 cm³/mol. The summed E-state index contributed by atoms with van der Waals surface area (Å²) in [5.41, 5.74) is 1.60. The first-order chi connectivity index (χ1) is 15.6. The number of rotatable bonds is 8. The molecule has 2 heterocycles. The minimum Gasteiger partial charge on any atom is -0.493 e. The van der Waals surface area contributed by atoms with Crippen LogP contribution in [0.15, 0.2) is 46.9 Å². The monoisotopic (exact) mass is 474 g/mol. The van der Waals surface area contributed by atoms with E-state index in [1.54, 1.807) is 13.2 Å². The Morgan fingerprint density at radius 2 is 1.88 bits per heavy atom. The van der Waals surface area contributed by atoms with Crippen molar-refractivity contribution in [2.24, 2.45) is 0 Å². The molecule has 2 aromatic carbocycles. The molecule has 6 nitrogen and oxygen atoms in total. The smallest absolute Gasteiger partial charge is 0.287 e. The lowest BCUT2D eigenvalue weighted by molar-refractivity contribution is 0.0927. The number of nitrogens with one attached hydrogen (secondary N) is 1. The summed E-state index contributed by atoms with van der Waals surface area (Å²) in [4.78, 5) is 17.2. The molecule has 1 aromatic heterocycles. The molecule has 1 N–H and O–H groups in total. The number of fused-ring (bicyclic) bond motifs is 1. The van der Waals surface area contributed by atoms with E-state index in [4.69, 9.17) is 32.4 Å². The van der Waals surface area contributed by atoms with E-state index in [1.165, 1.54) is 0 Å². The highest BCUT2D eigenvalue weighted by Crippen LogP contribution is 2.33. The summed E-state index contributed by atoms with van der Waals surface area (Å²) < 4.78 is 11.0. The minimum atomic E-state index is -0.199. The average Bonchev–Trinajstić information content (AvgIpc) is 3.26. The number of nitrogens with zero attached hydrogens (tertiary/aromatic N) is 2. The highest BCUT2D eigenvalue weighted by Gasteiger charge is 2.19. The van der Waals surface area contributed by atoms with Crippen molar-refractivity contribution in [3.05, 3.63) is 58.3 Å². The third kappa shape index (κ3) is 5.14. The van der Waals surface area contributed by atoms with E-state index in [0.29, 0.717) is 33.7 Å². The lowest BCUT2D eigenvalue weighted by Gasteiger charge is -2.36. The number of hydrogen-bond donors (Lipinski definition) is 1. The molecule has 0 aliphatic carbocycles. The van der Waals surface area contributed by atoms with Gasteiger partial charge in [-0.05, 0) is 43.7 Å². The molecule has 4 rings (SSSR count). The number of ether oxygens (including phenoxy) is 1. The van der Waals surface area contributed by atoms with Crippen LogP contribution in [0.5, 0.6) is 5.75 Å². The van der Waals surface area contributed by atoms with E-state index >= 15 is 0 Å². The number of piperazine rings is 1. The number of unbranched alkanes of at least 4 members (excludes halogenated alkanes) is 1. The molecule has 0 spiro atoms. The van der Waals surface area contributed by atoms with Crippen LogP contribution in [0.2, 0.25) is 10.0 Å². The molecular formula is C24H27Cl2N3O3. The summed E-state index contributed by atoms with van der Waals surface area (Å²) in [5.74, 6) is 0.731. The van der Waals surface area contributed by atoms with Gasteiger partial charge in [-0.3, -0.25) is 9.69 Å². The predicted octanol–water partition coefficient (Wildman–Crippen LogP) is 5.08. The quantitative estimate of drug-likeness (QED) is 0.461. The summed E-state index contributed by atoms with van der Waals surface area (Å²) in [5, 5.41) is 5.02. The second-order valence-corrected chi connectivity index (χ2v) is 8.64. The molecule has 3 aromatic rings. The zero-order valence-electron chi connectivity index (χ0n) is 18.1. The van der Waals surface area contributed by atoms with E-state index < -0.39 is 0 Å². The highest BCUT2D eigenvalue weighted by atomic mass is 35.5. The van der Waals surface area contributed by atoms with Gasteiger partial charge in [-0.1, -0.05) is 41.4 Å². The van der Waals surface area contributed by atoms with Crippen molar-refractivity contribution in [2.75, 3.05) is 51.3 Å². The number of benzene rings is 2. The number of carbonyl (C=O) groups is 1. The van der Waals surface area contributed by atoms with Gasteiger partial charge in [0.1, 0.15) is 0 Å². The van der Waals surface area contributed by atoms with Crippen molar-refractivity contribution in [3.8, 4) is 5.75 Å². The maximum absolute atomic E-state index is 12.4. The van der Waals surface area contributed by atoms with Gasteiger partial charge in [-0.2, -0.15) is 0 Å². The van der Waals surface area contributed by atoms with Crippen molar-refractivity contribution in [1.82, 2.24) is 10.2 Å². The molecule has 1 aliphatic rings. The lowest BCUT2D eigenvalue weighted by Crippen LogP contribution is -2.46. The van der Waals surface area contributed by atoms with E-state index in [0.717, 1.165) is 56.6 Å². The van der Waals surface area contributed by atoms with Gasteiger partial charge in [-0.15, -0.1) is 0 Å². The molecule has 0 unspecified atom stereocenters. The first-order valence-electron chi connectivity index (χ1n) is 10.8. The molecule has 32 heavy (non-hydrogen) atoms. The summed E-state index contributed by atoms with van der Waals surface area (Å²) in [6.07, 6.45) is 1.93. The first kappa shape index (κ1) is 22.8. The number of furan rings is 1. The van der Waals surface area contributed by atoms with Crippen molar-refractivity contribution >= 4 is 45.8 Å². The maximum Gasteiger partial charge on any atom is 0.287 e. The van der Waals surface area contributed by atoms with Crippen molar-refractivity contribution in [3.63, 3.8) is 0 Å². The minimum absolute atomic E-state index is 0.199. The lowest BCUT2D eigenvalue weighted by atomic mass is 10.2. The van der Waals surface area contributed by atoms with Gasteiger partial charge in [0.05, 0.1) is 22.8 Å². The first-order valence-corrected chi connectivity index (χ1v) is 11.6. The largest absolute Gasteiger partial charge is 0.493 e. The Balaban J connectivity index is 1.17. The van der Waals surface area contributed by atoms with Crippen LogP contribution in [0.4, 0.5) is 5.69 Å². The SMILES string of the molecule is [11CH3]Oc1cccc2cc(C(=O)NCCCCN3CCN(c4cccc(Cl)c4Cl)CC3)oc12. The van der Waals surface area contributed by atoms with Crippen molar-refractivity contribution in [2.45, 2.75) is 12.8 Å². The van der Waals surface area contributed by atoms with Crippen LogP contribution in [0, 0.1) is 0 Å². The molecule has 1 amide bonds. The highest BCUT2D eigenvalue weighted by molar-refractivity contribution is 6.43. The van der Waals surface area contributed by atoms with Gasteiger partial charge in [-0.25, -0.2) is 0 Å². The van der Waals surface area contributed by atoms with E-state index in [2.05, 4.69) is 15.1 Å². The van der Waals surface area contributed by atoms with E-state index in [1.807, 2.05) is 36.4 Å². The Kier molecular flexibility index (Phi) is 7.45. The van der Waals surface area contributed by atoms with Crippen LogP contribution in [0.25, 0.3) is 11.0 Å². The summed E-state index contributed by atoms with van der Waals surface area (Å²) in [7, 11) is 1.59. The van der Waals surface area contributed by atoms with E-state index in [-0.39, 0.29) is 5.91 Å². The third-order valence-corrected chi connectivity index (χ3v) is 6.59. The van der Waals surface area contributed by atoms with Crippen LogP contribution < -0.4 is 15.0 Å². The van der Waals surface area contributed by atoms with Crippen LogP contribution in [0.1, 0.15) is 23.4 Å². The van der Waals surface area contributed by atoms with E-state index in [9.17, 15) is 4.79 Å². The van der Waals surface area contributed by atoms with Gasteiger partial charge in [0.2, 0.25) is 0 Å². The van der Waals surface area contributed by atoms with Gasteiger partial charge in [0, 0.05) is 38.1 Å². The van der Waals surface area contributed by atoms with Crippen LogP contribution in [0.3, 0.4) is 0 Å². The molecule has 0 saturated carbocycles. The van der Waals surface area contributed by atoms with Crippen molar-refractivity contribution in [1.29, 1.82) is 0 Å². The fraction of sp³-hybridized carbons (Fsp3) is 0.375. The molecule has 1 fully saturated rings. The molecule has 0 bridgehead atoms. The molecule has 0 radical (unpaired) electrons. The fourth-order valence-corrected chi connectivity index (χ4v) is 4.42. The number of amides is 1. The van der Waals surface area contributed by atoms with Crippen LogP contribution in [-0.4, -0.2) is 57.2 Å². The van der Waals surface area contributed by atoms with Gasteiger partial charge < -0.3 is 19.4 Å². The normalized spacial score (nSPS) is 14.7. The number of para-hydroxylation sites is 1. The number of carbonyl (C=O) groups excluding carboxylic acids is 1. The number of halogens is 2. The standard InChI is InChI=1S/C24H27Cl2N3O3/c1-31-20-9-4-6-17-16-21(32-23(17)20)24(30)27-10-2-3-11-28-12-14-29(15-13-28)19-8-5-7-18(25)22(19)26/h4-9,16H,2-3,10-15H2,1H3,(H,27,30)/i1-1. The zero-order chi connectivity index (χ0) is 22.5. The topological polar surface area (TPSA) is 58.0 Å². The molecule has 1 aliphatic heterocycles. The number of methoxy groups -OCH3 is 1. The zero-order valence-corrected chi connectivity index (χ0v) is 19.6. The second kappa shape index (κ2) is 10.5. The van der Waals surface area contributed by atoms with Gasteiger partial charge in [0.15, 0.2) is 17.1 Å². The Morgan fingerprint density at radius 3 is 2.66 bits per heavy atom. The Labute approximate surface area is 198 Å². The molecule has 8 heteroatoms. The van der Waals surface area contributed by atoms with Gasteiger partial charge >= 0.3 is 0 Å². The Hall–Kier alpha value is -2.41. The van der Waals surface area contributed by atoms with Crippen LogP contribution >= 0.6 is 23.2 Å².